The van der Waals surface area contributed by atoms with E-state index in [-0.39, 0.29) is 40.6 Å². The van der Waals surface area contributed by atoms with Gasteiger partial charge in [0.2, 0.25) is 5.91 Å². The van der Waals surface area contributed by atoms with Crippen molar-refractivity contribution in [3.8, 4) is 22.8 Å². The maximum atomic E-state index is 12.9. The smallest absolute Gasteiger partial charge is 0.289 e. The Hall–Kier alpha value is -3.01. The van der Waals surface area contributed by atoms with Crippen LogP contribution in [0.5, 0.6) is 11.5 Å². The van der Waals surface area contributed by atoms with Crippen LogP contribution in [0.15, 0.2) is 24.3 Å². The van der Waals surface area contributed by atoms with Crippen molar-refractivity contribution in [3.63, 3.8) is 0 Å². The second-order valence-electron chi connectivity index (χ2n) is 7.48. The second kappa shape index (κ2) is 9.01. The summed E-state index contributed by atoms with van der Waals surface area (Å²) in [5.74, 6) is 0.907. The molecule has 10 heteroatoms. The molecule has 9 nitrogen and oxygen atoms in total. The summed E-state index contributed by atoms with van der Waals surface area (Å²) < 4.78 is 10.7. The fourth-order valence-electron chi connectivity index (χ4n) is 4.11. The van der Waals surface area contributed by atoms with Crippen LogP contribution in [-0.4, -0.2) is 64.2 Å². The van der Waals surface area contributed by atoms with Crippen molar-refractivity contribution in [2.75, 3.05) is 20.0 Å². The number of carbonyl (C=O) groups is 3. The first-order chi connectivity index (χ1) is 15.0. The van der Waals surface area contributed by atoms with Crippen LogP contribution in [0.3, 0.4) is 0 Å². The molecule has 0 bridgehead atoms. The molecule has 164 valence electrons. The van der Waals surface area contributed by atoms with Gasteiger partial charge in [-0.1, -0.05) is 24.6 Å². The first-order valence-corrected chi connectivity index (χ1v) is 11.1. The van der Waals surface area contributed by atoms with Gasteiger partial charge in [0, 0.05) is 5.56 Å². The molecule has 0 radical (unpaired) electrons. The van der Waals surface area contributed by atoms with Crippen molar-refractivity contribution >= 4 is 28.8 Å². The van der Waals surface area contributed by atoms with Crippen LogP contribution >= 0.6 is 11.8 Å². The molecule has 2 aromatic rings. The van der Waals surface area contributed by atoms with Gasteiger partial charge in [0.15, 0.2) is 0 Å². The van der Waals surface area contributed by atoms with E-state index in [1.165, 1.54) is 4.90 Å². The maximum absolute atomic E-state index is 12.9. The number of rotatable bonds is 6. The van der Waals surface area contributed by atoms with E-state index < -0.39 is 0 Å². The summed E-state index contributed by atoms with van der Waals surface area (Å²) in [6.45, 7) is 0. The number of ether oxygens (including phenoxy) is 2. The van der Waals surface area contributed by atoms with Crippen molar-refractivity contribution in [2.24, 2.45) is 0 Å². The van der Waals surface area contributed by atoms with Crippen molar-refractivity contribution in [3.05, 3.63) is 30.0 Å². The van der Waals surface area contributed by atoms with E-state index >= 15 is 0 Å². The number of nitrogens with one attached hydrogen (secondary N) is 2. The highest BCUT2D eigenvalue weighted by Crippen LogP contribution is 2.33. The molecule has 1 aromatic heterocycles. The average molecular weight is 445 g/mol. The van der Waals surface area contributed by atoms with Crippen molar-refractivity contribution < 1.29 is 23.9 Å². The molecule has 1 aliphatic heterocycles. The van der Waals surface area contributed by atoms with Crippen LogP contribution < -0.4 is 14.8 Å². The van der Waals surface area contributed by atoms with Gasteiger partial charge in [-0.3, -0.25) is 24.4 Å². The Morgan fingerprint density at radius 1 is 1.19 bits per heavy atom. The fraction of sp³-hybridized carbons (Fsp3) is 0.429. The molecule has 0 spiro atoms. The number of thioether (sulfide) groups is 1. The Morgan fingerprint density at radius 2 is 2.00 bits per heavy atom. The molecule has 2 atom stereocenters. The Balaban J connectivity index is 1.52. The lowest BCUT2D eigenvalue weighted by molar-refractivity contribution is -0.127. The van der Waals surface area contributed by atoms with Crippen LogP contribution in [0.2, 0.25) is 0 Å². The zero-order chi connectivity index (χ0) is 22.0. The van der Waals surface area contributed by atoms with Gasteiger partial charge in [-0.25, -0.2) is 0 Å². The maximum Gasteiger partial charge on any atom is 0.289 e. The first kappa shape index (κ1) is 21.2. The van der Waals surface area contributed by atoms with Gasteiger partial charge >= 0.3 is 0 Å². The Kier molecular flexibility index (Phi) is 6.17. The number of H-pyrrole nitrogens is 1. The van der Waals surface area contributed by atoms with E-state index in [1.54, 1.807) is 38.5 Å². The molecule has 2 fully saturated rings. The van der Waals surface area contributed by atoms with Gasteiger partial charge < -0.3 is 14.8 Å². The van der Waals surface area contributed by atoms with Crippen LogP contribution in [0.25, 0.3) is 11.3 Å². The van der Waals surface area contributed by atoms with E-state index in [2.05, 4.69) is 15.5 Å². The summed E-state index contributed by atoms with van der Waals surface area (Å²) in [5, 5.41) is 9.80. The molecule has 1 saturated carbocycles. The van der Waals surface area contributed by atoms with Crippen molar-refractivity contribution in [1.29, 1.82) is 0 Å². The Bertz CT molecular complexity index is 991. The molecule has 31 heavy (non-hydrogen) atoms. The Labute approximate surface area is 183 Å². The van der Waals surface area contributed by atoms with Crippen molar-refractivity contribution in [1.82, 2.24) is 20.4 Å². The molecule has 2 unspecified atom stereocenters. The molecule has 4 rings (SSSR count). The summed E-state index contributed by atoms with van der Waals surface area (Å²) in [6, 6.07) is 6.39. The minimum Gasteiger partial charge on any atom is -0.497 e. The van der Waals surface area contributed by atoms with Crippen LogP contribution in [0.1, 0.15) is 36.2 Å². The highest BCUT2D eigenvalue weighted by atomic mass is 32.2. The Morgan fingerprint density at radius 3 is 2.71 bits per heavy atom. The van der Waals surface area contributed by atoms with Gasteiger partial charge in [0.1, 0.15) is 17.2 Å². The summed E-state index contributed by atoms with van der Waals surface area (Å²) in [7, 11) is 3.14. The highest BCUT2D eigenvalue weighted by Gasteiger charge is 2.41. The molecule has 1 saturated heterocycles. The number of imide groups is 1. The number of hydrogen-bond donors (Lipinski definition) is 2. The van der Waals surface area contributed by atoms with Gasteiger partial charge in [0.05, 0.1) is 37.8 Å². The number of aromatic nitrogens is 2. The zero-order valence-electron chi connectivity index (χ0n) is 17.3. The van der Waals surface area contributed by atoms with E-state index in [1.807, 2.05) is 0 Å². The molecule has 3 amide bonds. The van der Waals surface area contributed by atoms with Crippen LogP contribution in [0, 0.1) is 0 Å². The predicted octanol–water partition coefficient (Wildman–Crippen LogP) is 2.83. The highest BCUT2D eigenvalue weighted by molar-refractivity contribution is 8.14. The third-order valence-electron chi connectivity index (χ3n) is 5.67. The standard InChI is InChI=1S/C21H24N4O5S/c1-29-12-7-8-18(30-2)13(9-12)15-10-16(24-23-15)20(27)22-14-5-3-4-6-17(14)25-19(26)11-31-21(25)28/h7-10,14,17H,3-6,11H2,1-2H3,(H,22,27)(H,23,24). The minimum absolute atomic E-state index is 0.169. The van der Waals surface area contributed by atoms with Gasteiger partial charge in [0.25, 0.3) is 11.1 Å². The molecule has 2 N–H and O–H groups in total. The van der Waals surface area contributed by atoms with Crippen molar-refractivity contribution in [2.45, 2.75) is 37.8 Å². The quantitative estimate of drug-likeness (QED) is 0.704. The van der Waals surface area contributed by atoms with E-state index in [0.717, 1.165) is 24.6 Å². The summed E-state index contributed by atoms with van der Waals surface area (Å²) in [6.07, 6.45) is 3.25. The number of nitrogens with zero attached hydrogens (tertiary/aromatic N) is 2. The monoisotopic (exact) mass is 444 g/mol. The SMILES string of the molecule is COc1ccc(OC)c(-c2cc(C(=O)NC3CCCCC3N3C(=O)CSC3=O)[nH]n2)c1. The summed E-state index contributed by atoms with van der Waals surface area (Å²) >= 11 is 1.02. The van der Waals surface area contributed by atoms with Crippen LogP contribution in [0.4, 0.5) is 4.79 Å². The third-order valence-corrected chi connectivity index (χ3v) is 6.50. The number of methoxy groups -OCH3 is 2. The predicted molar refractivity (Wildman–Crippen MR) is 115 cm³/mol. The largest absolute Gasteiger partial charge is 0.497 e. The van der Waals surface area contributed by atoms with E-state index in [4.69, 9.17) is 9.47 Å². The molecule has 2 heterocycles. The lowest BCUT2D eigenvalue weighted by atomic mass is 9.89. The lowest BCUT2D eigenvalue weighted by Gasteiger charge is -2.36. The van der Waals surface area contributed by atoms with Gasteiger partial charge in [-0.15, -0.1) is 0 Å². The molecular weight excluding hydrogens is 420 g/mol. The molecule has 1 aliphatic carbocycles. The third kappa shape index (κ3) is 4.25. The topological polar surface area (TPSA) is 114 Å². The number of benzene rings is 1. The van der Waals surface area contributed by atoms with Gasteiger partial charge in [-0.2, -0.15) is 5.10 Å². The first-order valence-electron chi connectivity index (χ1n) is 10.1. The minimum atomic E-state index is -0.329. The fourth-order valence-corrected chi connectivity index (χ4v) is 4.87. The molecule has 1 aromatic carbocycles. The van der Waals surface area contributed by atoms with E-state index in [9.17, 15) is 14.4 Å². The lowest BCUT2D eigenvalue weighted by Crippen LogP contribution is -2.54. The van der Waals surface area contributed by atoms with Gasteiger partial charge in [-0.05, 0) is 37.1 Å². The van der Waals surface area contributed by atoms with E-state index in [0.29, 0.717) is 35.6 Å². The normalized spacial score (nSPS) is 21.3. The number of carbonyl (C=O) groups excluding carboxylic acids is 3. The molecule has 2 aliphatic rings. The number of hydrogen-bond acceptors (Lipinski definition) is 7. The zero-order valence-corrected chi connectivity index (χ0v) is 18.2. The average Bonchev–Trinajstić information content (AvgIpc) is 3.41. The number of amides is 3. The summed E-state index contributed by atoms with van der Waals surface area (Å²) in [5.41, 5.74) is 1.53. The second-order valence-corrected chi connectivity index (χ2v) is 8.41. The van der Waals surface area contributed by atoms with Crippen LogP contribution in [-0.2, 0) is 4.79 Å². The number of aromatic amines is 1. The summed E-state index contributed by atoms with van der Waals surface area (Å²) in [4.78, 5) is 38.6. The molecular formula is C21H24N4O5S.